The third-order valence-electron chi connectivity index (χ3n) is 4.07. The molecule has 2 aliphatic rings. The standard InChI is InChI=1S/C16H16N4O8S.Na/c1-26-19-9(8-3-2-4-27-8)12(21)18-10-13(22)20-11(15(23)24)7(5-28-16(17)25)6-29-14(10)20;/h2-4,10,14H,5-6H2,1H3,(H2,17,25)(H,18,21)(H,23,24);/q;+1/p-1/b19-9-;/t10-,14-;/m0./s1. The van der Waals surface area contributed by atoms with E-state index in [1.54, 1.807) is 6.07 Å². The Bertz CT molecular complexity index is 916. The van der Waals surface area contributed by atoms with Crippen LogP contribution in [0.15, 0.2) is 39.2 Å². The minimum atomic E-state index is -1.60. The van der Waals surface area contributed by atoms with Crippen LogP contribution in [0.4, 0.5) is 4.79 Å². The third kappa shape index (κ3) is 4.64. The number of fused-ring (bicyclic) bond motifs is 1. The topological polar surface area (TPSA) is 177 Å². The molecule has 1 saturated heterocycles. The van der Waals surface area contributed by atoms with E-state index < -0.39 is 41.0 Å². The molecule has 0 unspecified atom stereocenters. The molecule has 2 atom stereocenters. The van der Waals surface area contributed by atoms with Crippen molar-refractivity contribution in [2.24, 2.45) is 10.9 Å². The number of nitrogens with zero attached hydrogens (tertiary/aromatic N) is 2. The van der Waals surface area contributed by atoms with E-state index in [0.29, 0.717) is 0 Å². The Kier molecular flexibility index (Phi) is 7.95. The van der Waals surface area contributed by atoms with E-state index >= 15 is 0 Å². The van der Waals surface area contributed by atoms with Crippen molar-refractivity contribution in [2.45, 2.75) is 11.4 Å². The molecule has 3 heterocycles. The summed E-state index contributed by atoms with van der Waals surface area (Å²) in [6.45, 7) is -0.387. The largest absolute Gasteiger partial charge is 1.00 e. The number of primary amides is 1. The average molecular weight is 446 g/mol. The zero-order valence-electron chi connectivity index (χ0n) is 15.9. The molecule has 0 aromatic carbocycles. The van der Waals surface area contributed by atoms with Gasteiger partial charge in [0.15, 0.2) is 5.76 Å². The van der Waals surface area contributed by atoms with Crippen molar-refractivity contribution >= 4 is 41.4 Å². The van der Waals surface area contributed by atoms with E-state index in [1.807, 2.05) is 0 Å². The van der Waals surface area contributed by atoms with Crippen LogP contribution in [0.5, 0.6) is 0 Å². The van der Waals surface area contributed by atoms with Gasteiger partial charge in [-0.15, -0.1) is 11.8 Å². The van der Waals surface area contributed by atoms with Gasteiger partial charge in [-0.1, -0.05) is 5.16 Å². The molecule has 3 amide bonds. The summed E-state index contributed by atoms with van der Waals surface area (Å²) in [4.78, 5) is 53.0. The smallest absolute Gasteiger partial charge is 0.543 e. The summed E-state index contributed by atoms with van der Waals surface area (Å²) in [5, 5.41) is 17.0. The van der Waals surface area contributed by atoms with Crippen molar-refractivity contribution < 1.29 is 67.8 Å². The van der Waals surface area contributed by atoms with Crippen LogP contribution in [0.25, 0.3) is 0 Å². The number of nitrogens with two attached hydrogens (primary N) is 1. The van der Waals surface area contributed by atoms with E-state index in [2.05, 4.69) is 20.0 Å². The Hall–Kier alpha value is -2.48. The first-order valence-electron chi connectivity index (χ1n) is 8.11. The van der Waals surface area contributed by atoms with E-state index in [1.165, 1.54) is 31.2 Å². The van der Waals surface area contributed by atoms with Gasteiger partial charge in [0.05, 0.1) is 17.9 Å². The second-order valence-electron chi connectivity index (χ2n) is 5.81. The fourth-order valence-electron chi connectivity index (χ4n) is 2.85. The number of hydrogen-bond acceptors (Lipinski definition) is 10. The van der Waals surface area contributed by atoms with Gasteiger partial charge in [0, 0.05) is 11.3 Å². The van der Waals surface area contributed by atoms with Crippen LogP contribution < -0.4 is 45.7 Å². The van der Waals surface area contributed by atoms with Crippen LogP contribution in [0.1, 0.15) is 5.76 Å². The monoisotopic (exact) mass is 446 g/mol. The van der Waals surface area contributed by atoms with Crippen LogP contribution in [-0.2, 0) is 24.0 Å². The molecule has 3 N–H and O–H groups in total. The fraction of sp³-hybridized carbons (Fsp3) is 0.312. The predicted octanol–water partition coefficient (Wildman–Crippen LogP) is -4.87. The van der Waals surface area contributed by atoms with Gasteiger partial charge in [-0.3, -0.25) is 14.5 Å². The number of furan rings is 1. The number of rotatable bonds is 7. The molecule has 1 fully saturated rings. The molecule has 3 rings (SSSR count). The molecule has 0 bridgehead atoms. The number of β-lactam (4-membered cyclic amide) rings is 1. The quantitative estimate of drug-likeness (QED) is 0.180. The van der Waals surface area contributed by atoms with Gasteiger partial charge in [-0.05, 0) is 12.1 Å². The number of hydrogen-bond donors (Lipinski definition) is 2. The summed E-state index contributed by atoms with van der Waals surface area (Å²) in [5.41, 5.74) is 4.48. The molecule has 14 heteroatoms. The van der Waals surface area contributed by atoms with Crippen LogP contribution in [0, 0.1) is 0 Å². The van der Waals surface area contributed by atoms with Crippen molar-refractivity contribution in [1.82, 2.24) is 10.2 Å². The minimum Gasteiger partial charge on any atom is -0.543 e. The van der Waals surface area contributed by atoms with Gasteiger partial charge >= 0.3 is 35.7 Å². The van der Waals surface area contributed by atoms with E-state index in [9.17, 15) is 24.3 Å². The van der Waals surface area contributed by atoms with E-state index in [-0.39, 0.29) is 59.0 Å². The second kappa shape index (κ2) is 10.0. The van der Waals surface area contributed by atoms with Gasteiger partial charge in [0.2, 0.25) is 5.71 Å². The molecule has 1 aromatic heterocycles. The Morgan fingerprint density at radius 3 is 2.77 bits per heavy atom. The first-order chi connectivity index (χ1) is 13.8. The number of ether oxygens (including phenoxy) is 1. The summed E-state index contributed by atoms with van der Waals surface area (Å²) in [5.74, 6) is -2.74. The summed E-state index contributed by atoms with van der Waals surface area (Å²) in [7, 11) is 1.25. The van der Waals surface area contributed by atoms with Crippen LogP contribution in [0.3, 0.4) is 0 Å². The summed E-state index contributed by atoms with van der Waals surface area (Å²) < 4.78 is 9.75. The van der Waals surface area contributed by atoms with Crippen molar-refractivity contribution in [1.29, 1.82) is 0 Å². The Morgan fingerprint density at radius 2 is 2.20 bits per heavy atom. The van der Waals surface area contributed by atoms with Crippen molar-refractivity contribution in [3.05, 3.63) is 35.4 Å². The first kappa shape index (κ1) is 23.8. The Morgan fingerprint density at radius 1 is 1.47 bits per heavy atom. The fourth-order valence-corrected chi connectivity index (χ4v) is 4.18. The van der Waals surface area contributed by atoms with Crippen LogP contribution in [0.2, 0.25) is 0 Å². The summed E-state index contributed by atoms with van der Waals surface area (Å²) >= 11 is 1.18. The van der Waals surface area contributed by atoms with E-state index in [4.69, 9.17) is 10.2 Å². The molecular formula is C16H15N4NaO8S. The normalized spacial score (nSPS) is 20.5. The molecule has 30 heavy (non-hydrogen) atoms. The zero-order valence-corrected chi connectivity index (χ0v) is 18.8. The number of amides is 3. The maximum atomic E-state index is 12.5. The zero-order chi connectivity index (χ0) is 21.1. The second-order valence-corrected chi connectivity index (χ2v) is 6.91. The molecule has 0 aliphatic carbocycles. The van der Waals surface area contributed by atoms with Gasteiger partial charge in [-0.2, -0.15) is 0 Å². The maximum Gasteiger partial charge on any atom is 1.00 e. The van der Waals surface area contributed by atoms with Crippen molar-refractivity contribution in [3.8, 4) is 0 Å². The van der Waals surface area contributed by atoms with Crippen LogP contribution in [-0.4, -0.2) is 65.4 Å². The van der Waals surface area contributed by atoms with Gasteiger partial charge in [0.1, 0.15) is 25.1 Å². The number of carbonyl (C=O) groups is 4. The number of nitrogens with one attached hydrogen (secondary N) is 1. The van der Waals surface area contributed by atoms with Gasteiger partial charge < -0.3 is 34.9 Å². The number of oxime groups is 1. The summed E-state index contributed by atoms with van der Waals surface area (Å²) in [6.07, 6.45) is 0.262. The summed E-state index contributed by atoms with van der Waals surface area (Å²) in [6, 6.07) is 2.04. The van der Waals surface area contributed by atoms with Crippen molar-refractivity contribution in [2.75, 3.05) is 19.5 Å². The van der Waals surface area contributed by atoms with Gasteiger partial charge in [0.25, 0.3) is 11.8 Å². The molecule has 1 aromatic rings. The van der Waals surface area contributed by atoms with E-state index in [0.717, 1.165) is 4.90 Å². The number of thioether (sulfide) groups is 1. The van der Waals surface area contributed by atoms with Crippen molar-refractivity contribution in [3.63, 3.8) is 0 Å². The number of aliphatic carboxylic acids is 1. The molecular weight excluding hydrogens is 431 g/mol. The molecule has 0 radical (unpaired) electrons. The Balaban J connectivity index is 0.00000320. The van der Waals surface area contributed by atoms with Gasteiger partial charge in [-0.25, -0.2) is 4.79 Å². The number of carboxylic acid groups (broad SMARTS) is 1. The molecule has 154 valence electrons. The first-order valence-corrected chi connectivity index (χ1v) is 9.16. The number of carbonyl (C=O) groups excluding carboxylic acids is 4. The minimum absolute atomic E-state index is 0. The Labute approximate surface area is 196 Å². The molecule has 0 spiro atoms. The molecule has 0 saturated carbocycles. The SMILES string of the molecule is CO/N=C(\C(=O)N[C@H]1C(=O)N2C(C(=O)[O-])=C(COC(N)=O)CS[C@@H]12)c1ccco1.[Na+]. The molecule has 2 aliphatic heterocycles. The average Bonchev–Trinajstić information content (AvgIpc) is 3.21. The molecule has 12 nitrogen and oxygen atoms in total. The predicted molar refractivity (Wildman–Crippen MR) is 94.8 cm³/mol. The third-order valence-corrected chi connectivity index (χ3v) is 5.41. The maximum absolute atomic E-state index is 12.5. The van der Waals surface area contributed by atoms with Crippen LogP contribution >= 0.6 is 11.8 Å². The number of carboxylic acids is 1.